The molecule has 2 rings (SSSR count). The molecule has 0 radical (unpaired) electrons. The number of likely N-dealkylation sites (tertiary alicyclic amines) is 1. The summed E-state index contributed by atoms with van der Waals surface area (Å²) in [4.78, 5) is 12.3. The van der Waals surface area contributed by atoms with Gasteiger partial charge in [-0.15, -0.1) is 0 Å². The number of amides is 1. The van der Waals surface area contributed by atoms with Crippen molar-refractivity contribution in [3.8, 4) is 0 Å². The van der Waals surface area contributed by atoms with E-state index >= 15 is 0 Å². The van der Waals surface area contributed by atoms with Crippen LogP contribution in [0.5, 0.6) is 0 Å². The summed E-state index contributed by atoms with van der Waals surface area (Å²) in [6.45, 7) is -1.56. The zero-order valence-electron chi connectivity index (χ0n) is 8.51. The highest BCUT2D eigenvalue weighted by Crippen LogP contribution is 2.29. The predicted octanol–water partition coefficient (Wildman–Crippen LogP) is 1.64. The Bertz CT molecular complexity index is 481. The van der Waals surface area contributed by atoms with Crippen molar-refractivity contribution >= 4 is 11.6 Å². The predicted molar refractivity (Wildman–Crippen MR) is 51.6 cm³/mol. The molecular formula is C10H8F4N2O. The summed E-state index contributed by atoms with van der Waals surface area (Å²) in [5.74, 6) is -5.89. The normalized spacial score (nSPS) is 17.8. The van der Waals surface area contributed by atoms with Gasteiger partial charge in [0.05, 0.1) is 24.3 Å². The fourth-order valence-electron chi connectivity index (χ4n) is 1.55. The van der Waals surface area contributed by atoms with Gasteiger partial charge in [-0.25, -0.2) is 17.6 Å². The fraction of sp³-hybridized carbons (Fsp3) is 0.300. The van der Waals surface area contributed by atoms with E-state index in [4.69, 9.17) is 5.73 Å². The maximum atomic E-state index is 13.3. The van der Waals surface area contributed by atoms with E-state index in [0.29, 0.717) is 12.1 Å². The zero-order valence-corrected chi connectivity index (χ0v) is 8.51. The molecule has 3 nitrogen and oxygen atoms in total. The Morgan fingerprint density at radius 1 is 1.24 bits per heavy atom. The first-order chi connectivity index (χ1) is 7.80. The van der Waals surface area contributed by atoms with Gasteiger partial charge in [0.15, 0.2) is 0 Å². The molecule has 1 aromatic carbocycles. The van der Waals surface area contributed by atoms with Gasteiger partial charge in [0.2, 0.25) is 0 Å². The van der Waals surface area contributed by atoms with E-state index in [1.165, 1.54) is 0 Å². The molecule has 1 aromatic rings. The molecule has 7 heteroatoms. The van der Waals surface area contributed by atoms with Crippen molar-refractivity contribution in [1.29, 1.82) is 0 Å². The number of hydrogen-bond acceptors (Lipinski definition) is 2. The second-order valence-electron chi connectivity index (χ2n) is 3.87. The largest absolute Gasteiger partial charge is 0.396 e. The van der Waals surface area contributed by atoms with Crippen LogP contribution in [-0.2, 0) is 0 Å². The van der Waals surface area contributed by atoms with Gasteiger partial charge in [0, 0.05) is 6.07 Å². The Morgan fingerprint density at radius 3 is 2.35 bits per heavy atom. The first-order valence-electron chi connectivity index (χ1n) is 4.72. The Labute approximate surface area is 93.8 Å². The van der Waals surface area contributed by atoms with Crippen LogP contribution in [0, 0.1) is 11.6 Å². The van der Waals surface area contributed by atoms with E-state index < -0.39 is 47.8 Å². The van der Waals surface area contributed by atoms with Gasteiger partial charge in [-0.2, -0.15) is 0 Å². The number of carbonyl (C=O) groups excluding carboxylic acids is 1. The molecule has 1 amide bonds. The minimum absolute atomic E-state index is 0.437. The number of benzene rings is 1. The highest BCUT2D eigenvalue weighted by molar-refractivity contribution is 5.95. The molecule has 0 atom stereocenters. The van der Waals surface area contributed by atoms with Crippen molar-refractivity contribution in [2.75, 3.05) is 18.8 Å². The molecule has 0 saturated carbocycles. The van der Waals surface area contributed by atoms with Crippen LogP contribution in [0.2, 0.25) is 0 Å². The Balaban J connectivity index is 2.24. The molecule has 92 valence electrons. The van der Waals surface area contributed by atoms with E-state index in [9.17, 15) is 22.4 Å². The highest BCUT2D eigenvalue weighted by atomic mass is 19.3. The Hall–Kier alpha value is -1.79. The molecule has 0 unspecified atom stereocenters. The number of rotatable bonds is 1. The van der Waals surface area contributed by atoms with Gasteiger partial charge >= 0.3 is 0 Å². The molecule has 0 spiro atoms. The number of carbonyl (C=O) groups is 1. The van der Waals surface area contributed by atoms with Crippen molar-refractivity contribution in [3.05, 3.63) is 29.3 Å². The van der Waals surface area contributed by atoms with Crippen molar-refractivity contribution in [3.63, 3.8) is 0 Å². The molecule has 2 N–H and O–H groups in total. The molecule has 1 aliphatic heterocycles. The van der Waals surface area contributed by atoms with E-state index in [1.54, 1.807) is 0 Å². The summed E-state index contributed by atoms with van der Waals surface area (Å²) in [6, 6.07) is 1.27. The van der Waals surface area contributed by atoms with Crippen LogP contribution >= 0.6 is 0 Å². The summed E-state index contributed by atoms with van der Waals surface area (Å²) in [5.41, 5.74) is 4.07. The fourth-order valence-corrected chi connectivity index (χ4v) is 1.55. The van der Waals surface area contributed by atoms with Gasteiger partial charge in [-0.05, 0) is 6.07 Å². The SMILES string of the molecule is Nc1cc(F)c(C(=O)N2CC(F)(F)C2)cc1F. The third kappa shape index (κ3) is 2.04. The lowest BCUT2D eigenvalue weighted by atomic mass is 10.1. The van der Waals surface area contributed by atoms with Crippen LogP contribution in [0.15, 0.2) is 12.1 Å². The number of nitrogen functional groups attached to an aromatic ring is 1. The molecular weight excluding hydrogens is 240 g/mol. The molecule has 1 aliphatic rings. The Morgan fingerprint density at radius 2 is 1.82 bits per heavy atom. The second-order valence-corrected chi connectivity index (χ2v) is 3.87. The van der Waals surface area contributed by atoms with Gasteiger partial charge in [-0.3, -0.25) is 4.79 Å². The van der Waals surface area contributed by atoms with E-state index in [1.807, 2.05) is 0 Å². The number of hydrogen-bond donors (Lipinski definition) is 1. The van der Waals surface area contributed by atoms with E-state index in [-0.39, 0.29) is 0 Å². The summed E-state index contributed by atoms with van der Waals surface area (Å²) in [6.07, 6.45) is 0. The van der Waals surface area contributed by atoms with Crippen LogP contribution in [0.3, 0.4) is 0 Å². The molecule has 1 heterocycles. The topological polar surface area (TPSA) is 46.3 Å². The summed E-state index contributed by atoms with van der Waals surface area (Å²) in [7, 11) is 0. The standard InChI is InChI=1S/C10H8F4N2O/c11-6-2-8(15)7(12)1-5(6)9(17)16-3-10(13,14)4-16/h1-2H,3-4,15H2. The number of alkyl halides is 2. The van der Waals surface area contributed by atoms with Gasteiger partial charge in [0.25, 0.3) is 11.8 Å². The lowest BCUT2D eigenvalue weighted by Gasteiger charge is -2.38. The average Bonchev–Trinajstić information content (AvgIpc) is 2.19. The molecule has 17 heavy (non-hydrogen) atoms. The van der Waals surface area contributed by atoms with Crippen LogP contribution in [0.4, 0.5) is 23.2 Å². The summed E-state index contributed by atoms with van der Waals surface area (Å²) >= 11 is 0. The molecule has 1 saturated heterocycles. The third-order valence-corrected chi connectivity index (χ3v) is 2.45. The van der Waals surface area contributed by atoms with Gasteiger partial charge < -0.3 is 10.6 Å². The number of anilines is 1. The van der Waals surface area contributed by atoms with E-state index in [0.717, 1.165) is 4.90 Å². The summed E-state index contributed by atoms with van der Waals surface area (Å²) < 4.78 is 51.4. The molecule has 1 fully saturated rings. The lowest BCUT2D eigenvalue weighted by molar-refractivity contribution is -0.113. The van der Waals surface area contributed by atoms with Crippen LogP contribution in [0.1, 0.15) is 10.4 Å². The second kappa shape index (κ2) is 3.61. The number of nitrogens with zero attached hydrogens (tertiary/aromatic N) is 1. The minimum Gasteiger partial charge on any atom is -0.396 e. The zero-order chi connectivity index (χ0) is 12.8. The smallest absolute Gasteiger partial charge is 0.282 e. The van der Waals surface area contributed by atoms with Crippen molar-refractivity contribution in [2.24, 2.45) is 0 Å². The third-order valence-electron chi connectivity index (χ3n) is 2.45. The maximum Gasteiger partial charge on any atom is 0.282 e. The van der Waals surface area contributed by atoms with Crippen LogP contribution < -0.4 is 5.73 Å². The van der Waals surface area contributed by atoms with Crippen molar-refractivity contribution in [1.82, 2.24) is 4.90 Å². The minimum atomic E-state index is -2.95. The van der Waals surface area contributed by atoms with Crippen LogP contribution in [0.25, 0.3) is 0 Å². The molecule has 0 aromatic heterocycles. The summed E-state index contributed by atoms with van der Waals surface area (Å²) in [5, 5.41) is 0. The maximum absolute atomic E-state index is 13.3. The monoisotopic (exact) mass is 248 g/mol. The highest BCUT2D eigenvalue weighted by Gasteiger charge is 2.46. The Kier molecular flexibility index (Phi) is 2.48. The molecule has 0 aliphatic carbocycles. The quantitative estimate of drug-likeness (QED) is 0.606. The number of nitrogens with two attached hydrogens (primary N) is 1. The van der Waals surface area contributed by atoms with Crippen LogP contribution in [-0.4, -0.2) is 29.8 Å². The average molecular weight is 248 g/mol. The van der Waals surface area contributed by atoms with Crippen molar-refractivity contribution < 1.29 is 22.4 Å². The van der Waals surface area contributed by atoms with Gasteiger partial charge in [-0.1, -0.05) is 0 Å². The van der Waals surface area contributed by atoms with Crippen molar-refractivity contribution in [2.45, 2.75) is 5.92 Å². The molecule has 0 bridgehead atoms. The van der Waals surface area contributed by atoms with Gasteiger partial charge in [0.1, 0.15) is 11.6 Å². The first-order valence-corrected chi connectivity index (χ1v) is 4.72. The van der Waals surface area contributed by atoms with E-state index in [2.05, 4.69) is 0 Å². The lowest BCUT2D eigenvalue weighted by Crippen LogP contribution is -2.58. The number of halogens is 4. The first kappa shape index (κ1) is 11.7.